The molecule has 3 atom stereocenters. The Kier molecular flexibility index (Phi) is 7.63. The molecule has 2 aliphatic heterocycles. The van der Waals surface area contributed by atoms with E-state index in [0.29, 0.717) is 43.7 Å². The first-order valence-electron chi connectivity index (χ1n) is 14.0. The van der Waals surface area contributed by atoms with E-state index in [4.69, 9.17) is 5.10 Å². The SMILES string of the molecule is CC1CN(C(=O)c2ccc[nH]2)Cc2c(C(=O)NC3CCN(C(=O)O)C(C(C)(C)C)C3)nn(Cc3ccc(F)cc3)c21. The maximum Gasteiger partial charge on any atom is 0.407 e. The standard InChI is InChI=1S/C30H37FN6O4/c1-18-15-35(28(39)23-6-5-12-32-23)17-22-25(34-37(26(18)22)16-19-7-9-20(31)10-8-19)27(38)33-21-11-13-36(29(40)41)24(14-21)30(2,3)4/h5-10,12,18,21,24,32H,11,13-17H2,1-4H3,(H,33,38)(H,40,41). The highest BCUT2D eigenvalue weighted by atomic mass is 19.1. The van der Waals surface area contributed by atoms with E-state index in [1.54, 1.807) is 40.0 Å². The van der Waals surface area contributed by atoms with E-state index in [-0.39, 0.29) is 53.3 Å². The Bertz CT molecular complexity index is 1430. The lowest BCUT2D eigenvalue weighted by Gasteiger charge is -2.44. The van der Waals surface area contributed by atoms with Crippen molar-refractivity contribution in [3.8, 4) is 0 Å². The molecule has 1 saturated heterocycles. The number of amides is 3. The quantitative estimate of drug-likeness (QED) is 0.423. The van der Waals surface area contributed by atoms with Crippen LogP contribution in [0.1, 0.15) is 84.3 Å². The summed E-state index contributed by atoms with van der Waals surface area (Å²) in [6.45, 7) is 9.39. The monoisotopic (exact) mass is 564 g/mol. The predicted octanol–water partition coefficient (Wildman–Crippen LogP) is 4.45. The molecular formula is C30H37FN6O4. The highest BCUT2D eigenvalue weighted by Gasteiger charge is 2.40. The number of fused-ring (bicyclic) bond motifs is 1. The van der Waals surface area contributed by atoms with Gasteiger partial charge in [0.25, 0.3) is 11.8 Å². The zero-order valence-corrected chi connectivity index (χ0v) is 23.9. The van der Waals surface area contributed by atoms with E-state index in [0.717, 1.165) is 11.3 Å². The molecule has 218 valence electrons. The number of carbonyl (C=O) groups is 3. The van der Waals surface area contributed by atoms with Crippen LogP contribution in [-0.2, 0) is 13.1 Å². The lowest BCUT2D eigenvalue weighted by atomic mass is 9.79. The van der Waals surface area contributed by atoms with Crippen LogP contribution in [0, 0.1) is 11.2 Å². The maximum atomic E-state index is 13.8. The number of carboxylic acid groups (broad SMARTS) is 1. The second-order valence-corrected chi connectivity index (χ2v) is 12.2. The minimum atomic E-state index is -0.955. The Balaban J connectivity index is 1.44. The Morgan fingerprint density at radius 1 is 1.17 bits per heavy atom. The van der Waals surface area contributed by atoms with E-state index in [9.17, 15) is 23.9 Å². The van der Waals surface area contributed by atoms with Gasteiger partial charge in [-0.3, -0.25) is 14.3 Å². The van der Waals surface area contributed by atoms with E-state index < -0.39 is 6.09 Å². The molecule has 0 aliphatic carbocycles. The van der Waals surface area contributed by atoms with E-state index in [1.807, 2.05) is 27.7 Å². The molecule has 2 aliphatic rings. The smallest absolute Gasteiger partial charge is 0.407 e. The molecule has 0 saturated carbocycles. The van der Waals surface area contributed by atoms with Gasteiger partial charge in [-0.1, -0.05) is 39.8 Å². The molecule has 4 heterocycles. The number of H-pyrrole nitrogens is 1. The van der Waals surface area contributed by atoms with Crippen molar-refractivity contribution in [2.45, 2.75) is 71.6 Å². The summed E-state index contributed by atoms with van der Waals surface area (Å²) in [5.41, 5.74) is 2.84. The summed E-state index contributed by atoms with van der Waals surface area (Å²) in [6, 6.07) is 9.20. The fourth-order valence-electron chi connectivity index (χ4n) is 6.15. The van der Waals surface area contributed by atoms with Gasteiger partial charge in [-0.15, -0.1) is 0 Å². The molecule has 11 heteroatoms. The van der Waals surface area contributed by atoms with Crippen LogP contribution >= 0.6 is 0 Å². The van der Waals surface area contributed by atoms with Crippen LogP contribution < -0.4 is 5.32 Å². The third-order valence-corrected chi connectivity index (χ3v) is 8.16. The van der Waals surface area contributed by atoms with Gasteiger partial charge in [0.1, 0.15) is 11.5 Å². The second-order valence-electron chi connectivity index (χ2n) is 12.2. The number of aromatic amines is 1. The van der Waals surface area contributed by atoms with E-state index in [1.165, 1.54) is 17.0 Å². The van der Waals surface area contributed by atoms with Crippen molar-refractivity contribution in [3.63, 3.8) is 0 Å². The van der Waals surface area contributed by atoms with Crippen molar-refractivity contribution < 1.29 is 23.9 Å². The third-order valence-electron chi connectivity index (χ3n) is 8.16. The molecule has 10 nitrogen and oxygen atoms in total. The number of likely N-dealkylation sites (tertiary alicyclic amines) is 1. The summed E-state index contributed by atoms with van der Waals surface area (Å²) in [7, 11) is 0. The lowest BCUT2D eigenvalue weighted by Crippen LogP contribution is -2.56. The molecular weight excluding hydrogens is 527 g/mol. The van der Waals surface area contributed by atoms with E-state index in [2.05, 4.69) is 10.3 Å². The van der Waals surface area contributed by atoms with Crippen molar-refractivity contribution in [2.24, 2.45) is 5.41 Å². The van der Waals surface area contributed by atoms with Gasteiger partial charge in [0.2, 0.25) is 0 Å². The summed E-state index contributed by atoms with van der Waals surface area (Å²) in [6.07, 6.45) is 1.74. The Morgan fingerprint density at radius 3 is 2.54 bits per heavy atom. The highest BCUT2D eigenvalue weighted by Crippen LogP contribution is 2.34. The molecule has 3 unspecified atom stereocenters. The number of rotatable bonds is 5. The van der Waals surface area contributed by atoms with Gasteiger partial charge in [-0.2, -0.15) is 5.10 Å². The van der Waals surface area contributed by atoms with Gasteiger partial charge < -0.3 is 25.2 Å². The Hall–Kier alpha value is -4.15. The molecule has 3 aromatic rings. The van der Waals surface area contributed by atoms with Crippen molar-refractivity contribution in [3.05, 3.63) is 76.6 Å². The molecule has 1 aromatic carbocycles. The number of benzene rings is 1. The molecule has 2 aromatic heterocycles. The minimum absolute atomic E-state index is 0.101. The summed E-state index contributed by atoms with van der Waals surface area (Å²) < 4.78 is 15.3. The minimum Gasteiger partial charge on any atom is -0.465 e. The average Bonchev–Trinajstić information content (AvgIpc) is 3.58. The van der Waals surface area contributed by atoms with Crippen LogP contribution in [0.5, 0.6) is 0 Å². The first-order chi connectivity index (χ1) is 19.4. The summed E-state index contributed by atoms with van der Waals surface area (Å²) in [4.78, 5) is 45.1. The predicted molar refractivity (Wildman–Crippen MR) is 150 cm³/mol. The Morgan fingerprint density at radius 2 is 1.90 bits per heavy atom. The van der Waals surface area contributed by atoms with Gasteiger partial charge >= 0.3 is 6.09 Å². The summed E-state index contributed by atoms with van der Waals surface area (Å²) >= 11 is 0. The van der Waals surface area contributed by atoms with Gasteiger partial charge in [-0.25, -0.2) is 9.18 Å². The van der Waals surface area contributed by atoms with Crippen molar-refractivity contribution in [1.82, 2.24) is 29.9 Å². The molecule has 0 spiro atoms. The zero-order chi connectivity index (χ0) is 29.5. The summed E-state index contributed by atoms with van der Waals surface area (Å²) in [5, 5.41) is 17.6. The summed E-state index contributed by atoms with van der Waals surface area (Å²) in [5.74, 6) is -0.928. The highest BCUT2D eigenvalue weighted by molar-refractivity contribution is 5.95. The van der Waals surface area contributed by atoms with Gasteiger partial charge in [0.05, 0.1) is 13.1 Å². The van der Waals surface area contributed by atoms with Crippen LogP contribution in [0.2, 0.25) is 0 Å². The normalized spacial score (nSPS) is 21.0. The fourth-order valence-corrected chi connectivity index (χ4v) is 6.15. The molecule has 1 fully saturated rings. The number of nitrogens with one attached hydrogen (secondary N) is 2. The number of carbonyl (C=O) groups excluding carboxylic acids is 2. The number of halogens is 1. The molecule has 5 rings (SSSR count). The second kappa shape index (κ2) is 11.0. The number of hydrogen-bond donors (Lipinski definition) is 3. The number of nitrogens with zero attached hydrogens (tertiary/aromatic N) is 4. The number of hydrogen-bond acceptors (Lipinski definition) is 4. The van der Waals surface area contributed by atoms with Gasteiger partial charge in [0, 0.05) is 48.5 Å². The van der Waals surface area contributed by atoms with Crippen molar-refractivity contribution in [2.75, 3.05) is 13.1 Å². The molecule has 3 amide bonds. The molecule has 3 N–H and O–H groups in total. The van der Waals surface area contributed by atoms with Crippen LogP contribution in [0.15, 0.2) is 42.6 Å². The topological polar surface area (TPSA) is 124 Å². The van der Waals surface area contributed by atoms with Gasteiger partial charge in [-0.05, 0) is 48.1 Å². The number of aromatic nitrogens is 3. The Labute approximate surface area is 238 Å². The molecule has 0 radical (unpaired) electrons. The molecule has 41 heavy (non-hydrogen) atoms. The van der Waals surface area contributed by atoms with E-state index >= 15 is 0 Å². The first-order valence-corrected chi connectivity index (χ1v) is 14.0. The van der Waals surface area contributed by atoms with Gasteiger partial charge in [0.15, 0.2) is 5.69 Å². The van der Waals surface area contributed by atoms with Crippen molar-refractivity contribution >= 4 is 17.9 Å². The fraction of sp³-hybridized carbons (Fsp3) is 0.467. The largest absolute Gasteiger partial charge is 0.465 e. The van der Waals surface area contributed by atoms with Crippen molar-refractivity contribution in [1.29, 1.82) is 0 Å². The third kappa shape index (κ3) is 5.84. The average molecular weight is 565 g/mol. The zero-order valence-electron chi connectivity index (χ0n) is 23.9. The lowest BCUT2D eigenvalue weighted by molar-refractivity contribution is 0.0469. The van der Waals surface area contributed by atoms with Crippen LogP contribution in [0.4, 0.5) is 9.18 Å². The van der Waals surface area contributed by atoms with Crippen LogP contribution in [0.3, 0.4) is 0 Å². The first kappa shape index (κ1) is 28.4. The maximum absolute atomic E-state index is 13.8. The number of piperidine rings is 1. The van der Waals surface area contributed by atoms with Crippen LogP contribution in [-0.4, -0.2) is 72.8 Å². The van der Waals surface area contributed by atoms with Crippen LogP contribution in [0.25, 0.3) is 0 Å². The molecule has 0 bridgehead atoms.